The van der Waals surface area contributed by atoms with Gasteiger partial charge in [-0.3, -0.25) is 4.99 Å². The van der Waals surface area contributed by atoms with Gasteiger partial charge in [0, 0.05) is 26.2 Å². The lowest BCUT2D eigenvalue weighted by Gasteiger charge is -2.11. The van der Waals surface area contributed by atoms with Gasteiger partial charge in [-0.15, -0.1) is 34.2 Å². The number of benzene rings is 1. The first-order chi connectivity index (χ1) is 11.8. The number of rotatable bonds is 9. The van der Waals surface area contributed by atoms with Crippen LogP contribution in [0.2, 0.25) is 0 Å². The van der Waals surface area contributed by atoms with Crippen molar-refractivity contribution in [3.05, 3.63) is 48.3 Å². The standard InChI is InChI=1S/C17H25FN6.HI/c1-2-19-17(20-10-3-4-12-24-13-22-23-14-24)21-11-9-15-5-7-16(18)8-6-15;/h5-8,13-14H,2-4,9-12H2,1H3,(H2,19,20,21);1H. The van der Waals surface area contributed by atoms with Crippen LogP contribution in [0.25, 0.3) is 0 Å². The molecule has 2 aromatic rings. The van der Waals surface area contributed by atoms with Gasteiger partial charge in [0.15, 0.2) is 5.96 Å². The van der Waals surface area contributed by atoms with Crippen LogP contribution in [0.1, 0.15) is 25.3 Å². The van der Waals surface area contributed by atoms with Crippen LogP contribution in [0.3, 0.4) is 0 Å². The molecule has 0 aliphatic carbocycles. The van der Waals surface area contributed by atoms with Gasteiger partial charge in [0.1, 0.15) is 18.5 Å². The van der Waals surface area contributed by atoms with Crippen LogP contribution in [-0.2, 0) is 13.0 Å². The molecule has 0 aliphatic rings. The molecule has 25 heavy (non-hydrogen) atoms. The van der Waals surface area contributed by atoms with Crippen LogP contribution in [0.4, 0.5) is 4.39 Å². The van der Waals surface area contributed by atoms with Crippen molar-refractivity contribution in [1.29, 1.82) is 0 Å². The highest BCUT2D eigenvalue weighted by Crippen LogP contribution is 2.02. The summed E-state index contributed by atoms with van der Waals surface area (Å²) < 4.78 is 14.8. The van der Waals surface area contributed by atoms with Crippen molar-refractivity contribution in [3.63, 3.8) is 0 Å². The third kappa shape index (κ3) is 8.80. The Balaban J connectivity index is 0.00000312. The van der Waals surface area contributed by atoms with Crippen LogP contribution < -0.4 is 10.6 Å². The predicted molar refractivity (Wildman–Crippen MR) is 109 cm³/mol. The quantitative estimate of drug-likeness (QED) is 0.261. The van der Waals surface area contributed by atoms with Gasteiger partial charge in [-0.05, 0) is 43.9 Å². The number of hydrogen-bond donors (Lipinski definition) is 2. The molecule has 2 rings (SSSR count). The predicted octanol–water partition coefficient (Wildman–Crippen LogP) is 2.61. The first-order valence-electron chi connectivity index (χ1n) is 8.37. The molecule has 1 aromatic carbocycles. The molecule has 0 atom stereocenters. The van der Waals surface area contributed by atoms with Crippen LogP contribution in [-0.4, -0.2) is 40.4 Å². The Morgan fingerprint density at radius 2 is 1.84 bits per heavy atom. The Bertz CT molecular complexity index is 600. The summed E-state index contributed by atoms with van der Waals surface area (Å²) in [6.45, 7) is 5.32. The van der Waals surface area contributed by atoms with Gasteiger partial charge in [0.25, 0.3) is 0 Å². The number of aryl methyl sites for hydroxylation is 1. The fourth-order valence-electron chi connectivity index (χ4n) is 2.25. The molecular weight excluding hydrogens is 434 g/mol. The number of halogens is 2. The van der Waals surface area contributed by atoms with Crippen molar-refractivity contribution in [2.24, 2.45) is 4.99 Å². The Hall–Kier alpha value is -1.71. The summed E-state index contributed by atoms with van der Waals surface area (Å²) in [4.78, 5) is 4.57. The molecule has 0 bridgehead atoms. The molecule has 6 nitrogen and oxygen atoms in total. The summed E-state index contributed by atoms with van der Waals surface area (Å²) in [5.74, 6) is 0.622. The van der Waals surface area contributed by atoms with E-state index in [0.717, 1.165) is 57.0 Å². The summed E-state index contributed by atoms with van der Waals surface area (Å²) in [7, 11) is 0. The molecule has 0 spiro atoms. The van der Waals surface area contributed by atoms with Gasteiger partial charge in [-0.1, -0.05) is 12.1 Å². The second-order valence-electron chi connectivity index (χ2n) is 5.47. The Morgan fingerprint density at radius 1 is 1.12 bits per heavy atom. The Morgan fingerprint density at radius 3 is 2.52 bits per heavy atom. The molecule has 1 heterocycles. The highest BCUT2D eigenvalue weighted by molar-refractivity contribution is 14.0. The zero-order chi connectivity index (χ0) is 17.0. The average molecular weight is 460 g/mol. The topological polar surface area (TPSA) is 67.1 Å². The van der Waals surface area contributed by atoms with E-state index < -0.39 is 0 Å². The molecule has 138 valence electrons. The van der Waals surface area contributed by atoms with Crippen molar-refractivity contribution in [2.45, 2.75) is 32.7 Å². The van der Waals surface area contributed by atoms with Crippen molar-refractivity contribution < 1.29 is 4.39 Å². The smallest absolute Gasteiger partial charge is 0.191 e. The van der Waals surface area contributed by atoms with Crippen molar-refractivity contribution >= 4 is 29.9 Å². The number of unbranched alkanes of at least 4 members (excludes halogenated alkanes) is 1. The largest absolute Gasteiger partial charge is 0.357 e. The van der Waals surface area contributed by atoms with Crippen LogP contribution in [0.5, 0.6) is 0 Å². The summed E-state index contributed by atoms with van der Waals surface area (Å²) in [5, 5.41) is 14.1. The number of nitrogens with one attached hydrogen (secondary N) is 2. The van der Waals surface area contributed by atoms with E-state index >= 15 is 0 Å². The van der Waals surface area contributed by atoms with E-state index in [1.54, 1.807) is 12.7 Å². The number of hydrogen-bond acceptors (Lipinski definition) is 3. The fourth-order valence-corrected chi connectivity index (χ4v) is 2.25. The second-order valence-corrected chi connectivity index (χ2v) is 5.47. The third-order valence-electron chi connectivity index (χ3n) is 3.52. The molecule has 0 fully saturated rings. The summed E-state index contributed by atoms with van der Waals surface area (Å²) in [5.41, 5.74) is 1.11. The van der Waals surface area contributed by atoms with E-state index in [4.69, 9.17) is 0 Å². The normalized spacial score (nSPS) is 11.0. The minimum atomic E-state index is -0.201. The van der Waals surface area contributed by atoms with E-state index in [9.17, 15) is 4.39 Å². The molecular formula is C17H26FIN6. The van der Waals surface area contributed by atoms with Gasteiger partial charge in [0.2, 0.25) is 0 Å². The fraction of sp³-hybridized carbons (Fsp3) is 0.471. The van der Waals surface area contributed by atoms with Crippen LogP contribution in [0, 0.1) is 5.82 Å². The zero-order valence-corrected chi connectivity index (χ0v) is 16.8. The van der Waals surface area contributed by atoms with Gasteiger partial charge in [-0.2, -0.15) is 0 Å². The number of guanidine groups is 1. The van der Waals surface area contributed by atoms with Crippen molar-refractivity contribution in [2.75, 3.05) is 19.6 Å². The monoisotopic (exact) mass is 460 g/mol. The van der Waals surface area contributed by atoms with Crippen LogP contribution in [0.15, 0.2) is 41.9 Å². The number of aliphatic imine (C=N–C) groups is 1. The lowest BCUT2D eigenvalue weighted by Crippen LogP contribution is -2.38. The lowest BCUT2D eigenvalue weighted by atomic mass is 10.1. The Labute approximate surface area is 165 Å². The van der Waals surface area contributed by atoms with Gasteiger partial charge < -0.3 is 15.2 Å². The summed E-state index contributed by atoms with van der Waals surface area (Å²) in [6, 6.07) is 6.60. The first kappa shape index (κ1) is 21.3. The lowest BCUT2D eigenvalue weighted by molar-refractivity contribution is 0.611. The molecule has 2 N–H and O–H groups in total. The highest BCUT2D eigenvalue weighted by Gasteiger charge is 1.98. The zero-order valence-electron chi connectivity index (χ0n) is 14.5. The van der Waals surface area contributed by atoms with Gasteiger partial charge >= 0.3 is 0 Å². The van der Waals surface area contributed by atoms with Crippen molar-refractivity contribution in [1.82, 2.24) is 25.4 Å². The average Bonchev–Trinajstić information content (AvgIpc) is 3.10. The van der Waals surface area contributed by atoms with E-state index in [0.29, 0.717) is 0 Å². The molecule has 0 saturated heterocycles. The van der Waals surface area contributed by atoms with E-state index in [1.165, 1.54) is 12.1 Å². The summed E-state index contributed by atoms with van der Waals surface area (Å²) in [6.07, 6.45) is 6.33. The number of nitrogens with zero attached hydrogens (tertiary/aromatic N) is 4. The minimum absolute atomic E-state index is 0. The number of aromatic nitrogens is 3. The maximum absolute atomic E-state index is 12.9. The van der Waals surface area contributed by atoms with E-state index in [-0.39, 0.29) is 29.8 Å². The molecule has 0 saturated carbocycles. The molecule has 0 radical (unpaired) electrons. The second kappa shape index (κ2) is 12.6. The summed E-state index contributed by atoms with van der Waals surface area (Å²) >= 11 is 0. The molecule has 0 aliphatic heterocycles. The van der Waals surface area contributed by atoms with Crippen molar-refractivity contribution in [3.8, 4) is 0 Å². The Kier molecular flexibility index (Phi) is 10.8. The van der Waals surface area contributed by atoms with E-state index in [1.807, 2.05) is 23.6 Å². The SMILES string of the molecule is CCNC(=NCCCCn1cnnc1)NCCc1ccc(F)cc1.I. The first-order valence-corrected chi connectivity index (χ1v) is 8.37. The van der Waals surface area contributed by atoms with Crippen LogP contribution >= 0.6 is 24.0 Å². The maximum atomic E-state index is 12.9. The molecule has 1 aromatic heterocycles. The minimum Gasteiger partial charge on any atom is -0.357 e. The van der Waals surface area contributed by atoms with Gasteiger partial charge in [0.05, 0.1) is 0 Å². The molecule has 0 unspecified atom stereocenters. The maximum Gasteiger partial charge on any atom is 0.191 e. The molecule has 8 heteroatoms. The highest BCUT2D eigenvalue weighted by atomic mass is 127. The molecule has 0 amide bonds. The van der Waals surface area contributed by atoms with E-state index in [2.05, 4.69) is 25.8 Å². The third-order valence-corrected chi connectivity index (χ3v) is 3.52. The van der Waals surface area contributed by atoms with Gasteiger partial charge in [-0.25, -0.2) is 4.39 Å².